The molecule has 1 heterocycles. The highest BCUT2D eigenvalue weighted by Gasteiger charge is 2.43. The molecule has 126 valence electrons. The zero-order valence-corrected chi connectivity index (χ0v) is 13.5. The lowest BCUT2D eigenvalue weighted by Crippen LogP contribution is -2.25. The number of methoxy groups -OCH3 is 1. The SMILES string of the molecule is COc1c(F)cc(F)c2c1N(c1ccccc1[N+](=O)[O-])CC2(C)C. The minimum absolute atomic E-state index is 0.116. The summed E-state index contributed by atoms with van der Waals surface area (Å²) in [5, 5.41) is 11.3. The number of para-hydroxylation sites is 2. The Morgan fingerprint density at radius 2 is 1.92 bits per heavy atom. The van der Waals surface area contributed by atoms with Crippen molar-refractivity contribution in [2.24, 2.45) is 0 Å². The van der Waals surface area contributed by atoms with Gasteiger partial charge in [0.2, 0.25) is 0 Å². The molecule has 2 aromatic carbocycles. The molecule has 1 aliphatic heterocycles. The molecule has 0 radical (unpaired) electrons. The number of halogens is 2. The molecular formula is C17H16F2N2O3. The van der Waals surface area contributed by atoms with Crippen LogP contribution in [0, 0.1) is 21.7 Å². The Labute approximate surface area is 137 Å². The van der Waals surface area contributed by atoms with Gasteiger partial charge in [-0.2, -0.15) is 0 Å². The number of nitro benzene ring substituents is 1. The number of benzene rings is 2. The van der Waals surface area contributed by atoms with Crippen molar-refractivity contribution in [2.75, 3.05) is 18.6 Å². The Kier molecular flexibility index (Phi) is 3.66. The number of rotatable bonds is 3. The summed E-state index contributed by atoms with van der Waals surface area (Å²) in [6.45, 7) is 3.88. The monoisotopic (exact) mass is 334 g/mol. The molecular weight excluding hydrogens is 318 g/mol. The Morgan fingerprint density at radius 1 is 1.25 bits per heavy atom. The number of hydrogen-bond acceptors (Lipinski definition) is 4. The first-order valence-corrected chi connectivity index (χ1v) is 7.35. The van der Waals surface area contributed by atoms with Gasteiger partial charge in [0, 0.05) is 29.7 Å². The van der Waals surface area contributed by atoms with E-state index in [1.165, 1.54) is 13.2 Å². The third-order valence-corrected chi connectivity index (χ3v) is 4.23. The molecule has 0 saturated heterocycles. The number of hydrogen-bond donors (Lipinski definition) is 0. The molecule has 2 aromatic rings. The van der Waals surface area contributed by atoms with Gasteiger partial charge in [0.05, 0.1) is 17.7 Å². The fourth-order valence-corrected chi connectivity index (χ4v) is 3.29. The molecule has 0 spiro atoms. The van der Waals surface area contributed by atoms with Gasteiger partial charge < -0.3 is 9.64 Å². The zero-order valence-electron chi connectivity index (χ0n) is 13.5. The standard InChI is InChI=1S/C17H16F2N2O3/c1-17(2)9-20(12-6-4-5-7-13(12)21(22)23)15-14(17)10(18)8-11(19)16(15)24-3/h4-8H,9H2,1-3H3. The average molecular weight is 334 g/mol. The topological polar surface area (TPSA) is 55.6 Å². The molecule has 24 heavy (non-hydrogen) atoms. The van der Waals surface area contributed by atoms with Crippen LogP contribution in [0.1, 0.15) is 19.4 Å². The fourth-order valence-electron chi connectivity index (χ4n) is 3.29. The minimum atomic E-state index is -0.838. The third kappa shape index (κ3) is 2.28. The maximum atomic E-state index is 14.5. The molecule has 0 unspecified atom stereocenters. The van der Waals surface area contributed by atoms with Crippen molar-refractivity contribution < 1.29 is 18.4 Å². The number of fused-ring (bicyclic) bond motifs is 1. The van der Waals surface area contributed by atoms with Gasteiger partial charge >= 0.3 is 0 Å². The third-order valence-electron chi connectivity index (χ3n) is 4.23. The van der Waals surface area contributed by atoms with E-state index in [0.717, 1.165) is 6.07 Å². The van der Waals surface area contributed by atoms with Crippen LogP contribution in [0.5, 0.6) is 5.75 Å². The van der Waals surface area contributed by atoms with Crippen LogP contribution in [0.15, 0.2) is 30.3 Å². The Morgan fingerprint density at radius 3 is 2.54 bits per heavy atom. The summed E-state index contributed by atoms with van der Waals surface area (Å²) in [5.41, 5.74) is -0.0249. The van der Waals surface area contributed by atoms with E-state index in [2.05, 4.69) is 0 Å². The fraction of sp³-hybridized carbons (Fsp3) is 0.294. The highest BCUT2D eigenvalue weighted by Crippen LogP contribution is 2.52. The van der Waals surface area contributed by atoms with E-state index >= 15 is 0 Å². The van der Waals surface area contributed by atoms with Gasteiger partial charge in [-0.15, -0.1) is 0 Å². The molecule has 0 saturated carbocycles. The van der Waals surface area contributed by atoms with E-state index < -0.39 is 22.0 Å². The summed E-state index contributed by atoms with van der Waals surface area (Å²) in [6.07, 6.45) is 0. The van der Waals surface area contributed by atoms with Crippen LogP contribution in [0.25, 0.3) is 0 Å². The molecule has 0 bridgehead atoms. The maximum Gasteiger partial charge on any atom is 0.292 e. The predicted molar refractivity (Wildman–Crippen MR) is 86.0 cm³/mol. The van der Waals surface area contributed by atoms with E-state index in [1.807, 2.05) is 0 Å². The van der Waals surface area contributed by atoms with Gasteiger partial charge in [-0.1, -0.05) is 26.0 Å². The van der Waals surface area contributed by atoms with Crippen molar-refractivity contribution in [1.82, 2.24) is 0 Å². The van der Waals surface area contributed by atoms with E-state index in [4.69, 9.17) is 4.74 Å². The lowest BCUT2D eigenvalue weighted by Gasteiger charge is -2.23. The average Bonchev–Trinajstić information content (AvgIpc) is 2.79. The highest BCUT2D eigenvalue weighted by atomic mass is 19.1. The van der Waals surface area contributed by atoms with Crippen LogP contribution >= 0.6 is 0 Å². The summed E-state index contributed by atoms with van der Waals surface area (Å²) in [4.78, 5) is 12.4. The molecule has 3 rings (SSSR count). The smallest absolute Gasteiger partial charge is 0.292 e. The van der Waals surface area contributed by atoms with E-state index in [-0.39, 0.29) is 29.4 Å². The van der Waals surface area contributed by atoms with Crippen molar-refractivity contribution >= 4 is 17.1 Å². The minimum Gasteiger partial charge on any atom is -0.492 e. The predicted octanol–water partition coefficient (Wildman–Crippen LogP) is 4.31. The van der Waals surface area contributed by atoms with Gasteiger partial charge in [-0.3, -0.25) is 10.1 Å². The first-order valence-electron chi connectivity index (χ1n) is 7.35. The van der Waals surface area contributed by atoms with E-state index in [9.17, 15) is 18.9 Å². The van der Waals surface area contributed by atoms with Crippen LogP contribution in [0.3, 0.4) is 0 Å². The largest absolute Gasteiger partial charge is 0.492 e. The van der Waals surface area contributed by atoms with E-state index in [1.54, 1.807) is 36.9 Å². The van der Waals surface area contributed by atoms with Gasteiger partial charge in [0.1, 0.15) is 11.5 Å². The number of anilines is 2. The van der Waals surface area contributed by atoms with Crippen molar-refractivity contribution in [3.05, 3.63) is 57.6 Å². The van der Waals surface area contributed by atoms with E-state index in [0.29, 0.717) is 5.56 Å². The summed E-state index contributed by atoms with van der Waals surface area (Å²) < 4.78 is 33.8. The summed E-state index contributed by atoms with van der Waals surface area (Å²) in [5.74, 6) is -1.64. The molecule has 5 nitrogen and oxygen atoms in total. The zero-order chi connectivity index (χ0) is 17.6. The molecule has 1 aliphatic rings. The lowest BCUT2D eigenvalue weighted by atomic mass is 9.86. The number of nitrogens with zero attached hydrogens (tertiary/aromatic N) is 2. The Bertz CT molecular complexity index is 837. The van der Waals surface area contributed by atoms with Crippen molar-refractivity contribution in [3.8, 4) is 5.75 Å². The molecule has 0 N–H and O–H groups in total. The lowest BCUT2D eigenvalue weighted by molar-refractivity contribution is -0.384. The molecule has 0 atom stereocenters. The van der Waals surface area contributed by atoms with Gasteiger partial charge in [0.15, 0.2) is 11.6 Å². The second-order valence-corrected chi connectivity index (χ2v) is 6.31. The van der Waals surface area contributed by atoms with Crippen LogP contribution in [-0.2, 0) is 5.41 Å². The van der Waals surface area contributed by atoms with Crippen LogP contribution < -0.4 is 9.64 Å². The Balaban J connectivity index is 2.32. The Hall–Kier alpha value is -2.70. The van der Waals surface area contributed by atoms with Crippen molar-refractivity contribution in [2.45, 2.75) is 19.3 Å². The quantitative estimate of drug-likeness (QED) is 0.620. The second-order valence-electron chi connectivity index (χ2n) is 6.31. The normalized spacial score (nSPS) is 15.3. The number of ether oxygens (including phenoxy) is 1. The summed E-state index contributed by atoms with van der Waals surface area (Å²) >= 11 is 0. The maximum absolute atomic E-state index is 14.5. The van der Waals surface area contributed by atoms with Crippen LogP contribution in [0.2, 0.25) is 0 Å². The van der Waals surface area contributed by atoms with Crippen LogP contribution in [0.4, 0.5) is 25.8 Å². The highest BCUT2D eigenvalue weighted by molar-refractivity contribution is 5.82. The molecule has 0 aliphatic carbocycles. The second kappa shape index (κ2) is 5.43. The summed E-state index contributed by atoms with van der Waals surface area (Å²) in [6, 6.07) is 6.92. The number of nitro groups is 1. The molecule has 0 amide bonds. The van der Waals surface area contributed by atoms with Crippen LogP contribution in [-0.4, -0.2) is 18.6 Å². The molecule has 0 fully saturated rings. The first-order chi connectivity index (χ1) is 11.3. The molecule has 7 heteroatoms. The van der Waals surface area contributed by atoms with Gasteiger partial charge in [-0.05, 0) is 6.07 Å². The van der Waals surface area contributed by atoms with Crippen molar-refractivity contribution in [3.63, 3.8) is 0 Å². The van der Waals surface area contributed by atoms with Gasteiger partial charge in [0.25, 0.3) is 5.69 Å². The molecule has 0 aromatic heterocycles. The summed E-state index contributed by atoms with van der Waals surface area (Å²) in [7, 11) is 1.29. The first kappa shape index (κ1) is 16.2. The van der Waals surface area contributed by atoms with Gasteiger partial charge in [-0.25, -0.2) is 8.78 Å². The van der Waals surface area contributed by atoms with Crippen molar-refractivity contribution in [1.29, 1.82) is 0 Å².